The Morgan fingerprint density at radius 3 is 2.36 bits per heavy atom. The number of hydrogen-bond acceptors (Lipinski definition) is 2. The molecule has 11 heavy (non-hydrogen) atoms. The van der Waals surface area contributed by atoms with Gasteiger partial charge in [0, 0.05) is 0 Å². The molecule has 0 heterocycles. The average Bonchev–Trinajstić information content (AvgIpc) is 2.04. The second kappa shape index (κ2) is 3.67. The monoisotopic (exact) mass is 211 g/mol. The molecule has 3 radical (unpaired) electrons. The molecule has 0 aliphatic heterocycles. The first-order valence-corrected chi connectivity index (χ1v) is 4.27. The summed E-state index contributed by atoms with van der Waals surface area (Å²) in [5, 5.41) is 0. The molecule has 0 unspecified atom stereocenters. The molecule has 57 valence electrons. The second-order valence-corrected chi connectivity index (χ2v) is 3.17. The third kappa shape index (κ3) is 1.68. The second-order valence-electron chi connectivity index (χ2n) is 2.04. The van der Waals surface area contributed by atoms with Crippen molar-refractivity contribution in [2.75, 3.05) is 14.2 Å². The van der Waals surface area contributed by atoms with Crippen LogP contribution in [0.4, 0.5) is 0 Å². The van der Waals surface area contributed by atoms with Crippen LogP contribution in [-0.4, -0.2) is 30.7 Å². The van der Waals surface area contributed by atoms with Crippen LogP contribution in [0.1, 0.15) is 0 Å². The molecular formula is C8H9GeO2. The Hall–Kier alpha value is -0.637. The number of methoxy groups -OCH3 is 2. The number of ether oxygens (including phenoxy) is 2. The van der Waals surface area contributed by atoms with Crippen molar-refractivity contribution < 1.29 is 9.47 Å². The van der Waals surface area contributed by atoms with E-state index in [1.54, 1.807) is 14.2 Å². The Morgan fingerprint density at radius 1 is 1.18 bits per heavy atom. The number of hydrogen-bond donors (Lipinski definition) is 0. The van der Waals surface area contributed by atoms with Crippen LogP contribution in [0.2, 0.25) is 0 Å². The van der Waals surface area contributed by atoms with Gasteiger partial charge in [0.05, 0.1) is 0 Å². The third-order valence-electron chi connectivity index (χ3n) is 1.40. The summed E-state index contributed by atoms with van der Waals surface area (Å²) < 4.78 is 11.3. The average molecular weight is 210 g/mol. The van der Waals surface area contributed by atoms with Crippen LogP contribution < -0.4 is 13.9 Å². The van der Waals surface area contributed by atoms with Gasteiger partial charge in [0.15, 0.2) is 0 Å². The van der Waals surface area contributed by atoms with Gasteiger partial charge in [-0.3, -0.25) is 0 Å². The van der Waals surface area contributed by atoms with Crippen molar-refractivity contribution in [2.45, 2.75) is 0 Å². The maximum atomic E-state index is 5.14. The Labute approximate surface area is 74.7 Å². The fourth-order valence-corrected chi connectivity index (χ4v) is 1.56. The zero-order valence-corrected chi connectivity index (χ0v) is 8.65. The first kappa shape index (κ1) is 8.46. The molecular weight excluding hydrogens is 201 g/mol. The molecule has 0 fully saturated rings. The van der Waals surface area contributed by atoms with Gasteiger partial charge in [-0.25, -0.2) is 0 Å². The van der Waals surface area contributed by atoms with Crippen molar-refractivity contribution in [2.24, 2.45) is 0 Å². The van der Waals surface area contributed by atoms with Gasteiger partial charge < -0.3 is 0 Å². The summed E-state index contributed by atoms with van der Waals surface area (Å²) >= 11 is 1.99. The summed E-state index contributed by atoms with van der Waals surface area (Å²) in [4.78, 5) is 0. The Bertz CT molecular complexity index is 248. The molecule has 0 aliphatic carbocycles. The van der Waals surface area contributed by atoms with Crippen LogP contribution >= 0.6 is 0 Å². The minimum absolute atomic E-state index is 0.785. The van der Waals surface area contributed by atoms with Crippen LogP contribution in [0.3, 0.4) is 0 Å². The van der Waals surface area contributed by atoms with Crippen molar-refractivity contribution in [1.29, 1.82) is 0 Å². The van der Waals surface area contributed by atoms with Gasteiger partial charge in [-0.2, -0.15) is 0 Å². The predicted molar refractivity (Wildman–Crippen MR) is 44.9 cm³/mol. The number of benzene rings is 1. The van der Waals surface area contributed by atoms with E-state index in [1.807, 2.05) is 34.7 Å². The molecule has 0 aliphatic rings. The number of para-hydroxylation sites is 1. The van der Waals surface area contributed by atoms with Gasteiger partial charge in [0.1, 0.15) is 0 Å². The molecule has 0 spiro atoms. The van der Waals surface area contributed by atoms with Crippen molar-refractivity contribution in [3.05, 3.63) is 18.2 Å². The van der Waals surface area contributed by atoms with Crippen molar-refractivity contribution >= 4 is 20.9 Å². The molecule has 3 heteroatoms. The maximum absolute atomic E-state index is 5.14. The normalized spacial score (nSPS) is 9.36. The SMILES string of the molecule is COc1ccc[c]([Ge])c1OC. The molecule has 0 saturated carbocycles. The van der Waals surface area contributed by atoms with E-state index in [0.29, 0.717) is 0 Å². The summed E-state index contributed by atoms with van der Waals surface area (Å²) in [6, 6.07) is 5.81. The van der Waals surface area contributed by atoms with Crippen LogP contribution in [0.5, 0.6) is 11.5 Å². The van der Waals surface area contributed by atoms with E-state index in [1.165, 1.54) is 0 Å². The summed E-state index contributed by atoms with van der Waals surface area (Å²) in [7, 11) is 3.28. The zero-order valence-electron chi connectivity index (χ0n) is 6.55. The Balaban J connectivity index is 3.13. The number of rotatable bonds is 2. The molecule has 0 bridgehead atoms. The van der Waals surface area contributed by atoms with Crippen LogP contribution in [0, 0.1) is 0 Å². The van der Waals surface area contributed by atoms with E-state index in [9.17, 15) is 0 Å². The van der Waals surface area contributed by atoms with Gasteiger partial charge >= 0.3 is 74.3 Å². The standard InChI is InChI=1S/C8H9GeO2/c1-10-7-5-3-4-6(9)8(7)11-2/h3-5H,1-2H3. The topological polar surface area (TPSA) is 18.5 Å². The fraction of sp³-hybridized carbons (Fsp3) is 0.250. The van der Waals surface area contributed by atoms with Crippen molar-refractivity contribution in [3.8, 4) is 11.5 Å². The van der Waals surface area contributed by atoms with Crippen LogP contribution in [0.25, 0.3) is 0 Å². The van der Waals surface area contributed by atoms with Crippen molar-refractivity contribution in [3.63, 3.8) is 0 Å². The van der Waals surface area contributed by atoms with Crippen LogP contribution in [-0.2, 0) is 0 Å². The first-order chi connectivity index (χ1) is 5.29. The summed E-state index contributed by atoms with van der Waals surface area (Å²) in [6.07, 6.45) is 0. The van der Waals surface area contributed by atoms with E-state index in [0.717, 1.165) is 15.9 Å². The minimum atomic E-state index is 0.785. The predicted octanol–water partition coefficient (Wildman–Crippen LogP) is 0.498. The molecule has 1 aromatic carbocycles. The van der Waals surface area contributed by atoms with Gasteiger partial charge in [-0.1, -0.05) is 0 Å². The quantitative estimate of drug-likeness (QED) is 0.661. The van der Waals surface area contributed by atoms with Gasteiger partial charge in [0.25, 0.3) is 0 Å². The zero-order chi connectivity index (χ0) is 8.27. The molecule has 0 N–H and O–H groups in total. The van der Waals surface area contributed by atoms with Crippen molar-refractivity contribution in [1.82, 2.24) is 0 Å². The van der Waals surface area contributed by atoms with Crippen LogP contribution in [0.15, 0.2) is 18.2 Å². The molecule has 0 amide bonds. The molecule has 0 aromatic heterocycles. The first-order valence-electron chi connectivity index (χ1n) is 3.22. The Kier molecular flexibility index (Phi) is 2.82. The summed E-state index contributed by atoms with van der Waals surface area (Å²) in [5.41, 5.74) is 0. The summed E-state index contributed by atoms with van der Waals surface area (Å²) in [6.45, 7) is 0. The summed E-state index contributed by atoms with van der Waals surface area (Å²) in [5.74, 6) is 1.60. The molecule has 1 rings (SSSR count). The van der Waals surface area contributed by atoms with E-state index in [2.05, 4.69) is 0 Å². The molecule has 2 nitrogen and oxygen atoms in total. The van der Waals surface area contributed by atoms with E-state index in [-0.39, 0.29) is 0 Å². The molecule has 0 saturated heterocycles. The van der Waals surface area contributed by atoms with E-state index >= 15 is 0 Å². The fourth-order valence-electron chi connectivity index (χ4n) is 0.887. The molecule has 0 atom stereocenters. The van der Waals surface area contributed by atoms with Gasteiger partial charge in [-0.05, 0) is 0 Å². The Morgan fingerprint density at radius 2 is 1.91 bits per heavy atom. The van der Waals surface area contributed by atoms with E-state index in [4.69, 9.17) is 9.47 Å². The van der Waals surface area contributed by atoms with Gasteiger partial charge in [0.2, 0.25) is 0 Å². The third-order valence-corrected chi connectivity index (χ3v) is 2.23. The van der Waals surface area contributed by atoms with E-state index < -0.39 is 0 Å². The molecule has 1 aromatic rings. The van der Waals surface area contributed by atoms with Gasteiger partial charge in [-0.15, -0.1) is 0 Å².